The Morgan fingerprint density at radius 3 is 2.55 bits per heavy atom. The van der Waals surface area contributed by atoms with E-state index in [0.29, 0.717) is 22.1 Å². The molecule has 0 atom stereocenters. The zero-order valence-corrected chi connectivity index (χ0v) is 17.9. The van der Waals surface area contributed by atoms with Gasteiger partial charge in [-0.15, -0.1) is 10.2 Å². The van der Waals surface area contributed by atoms with Gasteiger partial charge in [-0.05, 0) is 60.9 Å². The molecule has 2 aromatic heterocycles. The molecule has 0 fully saturated rings. The fraction of sp³-hybridized carbons (Fsp3) is 0.125. The normalized spacial score (nSPS) is 11.5. The molecule has 154 valence electrons. The van der Waals surface area contributed by atoms with Crippen LogP contribution in [-0.2, 0) is 5.75 Å². The SMILES string of the molecule is Cc1ccc(C)c(-n2c(=O)c3ccccc3n3c(SCc4ccc(F)cc4)nnc23)c1. The van der Waals surface area contributed by atoms with Crippen molar-refractivity contribution in [1.29, 1.82) is 0 Å². The van der Waals surface area contributed by atoms with Gasteiger partial charge in [-0.2, -0.15) is 0 Å². The molecular formula is C24H19FN4OS. The van der Waals surface area contributed by atoms with E-state index in [4.69, 9.17) is 0 Å². The van der Waals surface area contributed by atoms with Crippen molar-refractivity contribution in [3.8, 4) is 5.69 Å². The lowest BCUT2D eigenvalue weighted by molar-refractivity contribution is 0.627. The first-order chi connectivity index (χ1) is 15.0. The van der Waals surface area contributed by atoms with Gasteiger partial charge < -0.3 is 0 Å². The number of hydrogen-bond acceptors (Lipinski definition) is 4. The van der Waals surface area contributed by atoms with Gasteiger partial charge in [0.05, 0.1) is 16.6 Å². The van der Waals surface area contributed by atoms with Crippen molar-refractivity contribution in [3.63, 3.8) is 0 Å². The first kappa shape index (κ1) is 19.5. The van der Waals surface area contributed by atoms with E-state index in [1.54, 1.807) is 16.7 Å². The van der Waals surface area contributed by atoms with Crippen molar-refractivity contribution < 1.29 is 4.39 Å². The number of para-hydroxylation sites is 1. The Morgan fingerprint density at radius 2 is 1.74 bits per heavy atom. The summed E-state index contributed by atoms with van der Waals surface area (Å²) < 4.78 is 16.8. The molecular weight excluding hydrogens is 411 g/mol. The van der Waals surface area contributed by atoms with Crippen molar-refractivity contribution in [2.45, 2.75) is 24.8 Å². The van der Waals surface area contributed by atoms with Crippen LogP contribution in [0.25, 0.3) is 22.4 Å². The van der Waals surface area contributed by atoms with Gasteiger partial charge >= 0.3 is 0 Å². The summed E-state index contributed by atoms with van der Waals surface area (Å²) >= 11 is 1.50. The smallest absolute Gasteiger partial charge is 0.267 e. The molecule has 0 saturated heterocycles. The summed E-state index contributed by atoms with van der Waals surface area (Å²) in [6.07, 6.45) is 0. The van der Waals surface area contributed by atoms with E-state index in [9.17, 15) is 9.18 Å². The van der Waals surface area contributed by atoms with Gasteiger partial charge in [0.2, 0.25) is 5.78 Å². The van der Waals surface area contributed by atoms with Crippen molar-refractivity contribution >= 4 is 28.4 Å². The molecule has 0 amide bonds. The Hall–Kier alpha value is -3.45. The largest absolute Gasteiger partial charge is 0.268 e. The van der Waals surface area contributed by atoms with Crippen LogP contribution in [0.1, 0.15) is 16.7 Å². The summed E-state index contributed by atoms with van der Waals surface area (Å²) in [7, 11) is 0. The summed E-state index contributed by atoms with van der Waals surface area (Å²) in [5, 5.41) is 10.1. The Labute approximate surface area is 182 Å². The van der Waals surface area contributed by atoms with Crippen LogP contribution >= 0.6 is 11.8 Å². The lowest BCUT2D eigenvalue weighted by Crippen LogP contribution is -2.22. The van der Waals surface area contributed by atoms with E-state index < -0.39 is 0 Å². The minimum Gasteiger partial charge on any atom is -0.268 e. The summed E-state index contributed by atoms with van der Waals surface area (Å²) in [5.74, 6) is 0.821. The average Bonchev–Trinajstić information content (AvgIpc) is 3.20. The van der Waals surface area contributed by atoms with Crippen molar-refractivity contribution in [1.82, 2.24) is 19.2 Å². The second kappa shape index (κ2) is 7.67. The van der Waals surface area contributed by atoms with E-state index in [1.165, 1.54) is 23.9 Å². The second-order valence-corrected chi connectivity index (χ2v) is 8.42. The molecule has 7 heteroatoms. The van der Waals surface area contributed by atoms with E-state index in [1.807, 2.05) is 60.7 Å². The molecule has 0 radical (unpaired) electrons. The van der Waals surface area contributed by atoms with Gasteiger partial charge in [-0.1, -0.05) is 48.2 Å². The lowest BCUT2D eigenvalue weighted by Gasteiger charge is -2.14. The maximum absolute atomic E-state index is 13.5. The highest BCUT2D eigenvalue weighted by Crippen LogP contribution is 2.26. The lowest BCUT2D eigenvalue weighted by atomic mass is 10.1. The third-order valence-corrected chi connectivity index (χ3v) is 6.28. The number of thioether (sulfide) groups is 1. The fourth-order valence-corrected chi connectivity index (χ4v) is 4.57. The van der Waals surface area contributed by atoms with Crippen molar-refractivity contribution in [2.24, 2.45) is 0 Å². The van der Waals surface area contributed by atoms with Crippen LogP contribution in [0, 0.1) is 19.7 Å². The molecule has 2 heterocycles. The zero-order chi connectivity index (χ0) is 21.5. The number of benzene rings is 3. The molecule has 0 aliphatic carbocycles. The number of fused-ring (bicyclic) bond motifs is 3. The van der Waals surface area contributed by atoms with Gasteiger partial charge in [0.25, 0.3) is 5.56 Å². The van der Waals surface area contributed by atoms with Crippen LogP contribution in [-0.4, -0.2) is 19.2 Å². The van der Waals surface area contributed by atoms with Crippen LogP contribution in [0.2, 0.25) is 0 Å². The average molecular weight is 431 g/mol. The van der Waals surface area contributed by atoms with Crippen LogP contribution in [0.5, 0.6) is 0 Å². The highest BCUT2D eigenvalue weighted by atomic mass is 32.2. The molecule has 0 aliphatic rings. The van der Waals surface area contributed by atoms with E-state index in [-0.39, 0.29) is 11.4 Å². The maximum atomic E-state index is 13.5. The number of aromatic nitrogens is 4. The Morgan fingerprint density at radius 1 is 0.968 bits per heavy atom. The number of hydrogen-bond donors (Lipinski definition) is 0. The van der Waals surface area contributed by atoms with Crippen LogP contribution in [0.3, 0.4) is 0 Å². The Kier molecular flexibility index (Phi) is 4.82. The molecule has 0 N–H and O–H groups in total. The molecule has 31 heavy (non-hydrogen) atoms. The molecule has 0 spiro atoms. The molecule has 0 saturated carbocycles. The Balaban J connectivity index is 1.73. The summed E-state index contributed by atoms with van der Waals surface area (Å²) in [6.45, 7) is 3.98. The van der Waals surface area contributed by atoms with Crippen molar-refractivity contribution in [2.75, 3.05) is 0 Å². The van der Waals surface area contributed by atoms with E-state index in [2.05, 4.69) is 10.2 Å². The zero-order valence-electron chi connectivity index (χ0n) is 17.0. The Bertz CT molecular complexity index is 1490. The molecule has 0 aliphatic heterocycles. The standard InChI is InChI=1S/C24H19FN4OS/c1-15-7-8-16(2)21(13-15)28-22(30)19-5-3-4-6-20(19)29-23(28)26-27-24(29)31-14-17-9-11-18(25)12-10-17/h3-13H,14H2,1-2H3. The molecule has 5 rings (SSSR count). The topological polar surface area (TPSA) is 52.2 Å². The van der Waals surface area contributed by atoms with Gasteiger partial charge in [0, 0.05) is 5.75 Å². The molecule has 0 bridgehead atoms. The van der Waals surface area contributed by atoms with Gasteiger partial charge in [-0.25, -0.2) is 8.96 Å². The van der Waals surface area contributed by atoms with Crippen LogP contribution < -0.4 is 5.56 Å². The molecule has 3 aromatic carbocycles. The maximum Gasteiger partial charge on any atom is 0.267 e. The predicted molar refractivity (Wildman–Crippen MR) is 122 cm³/mol. The minimum absolute atomic E-state index is 0.126. The van der Waals surface area contributed by atoms with E-state index in [0.717, 1.165) is 27.9 Å². The van der Waals surface area contributed by atoms with Crippen molar-refractivity contribution in [3.05, 3.63) is 99.6 Å². The first-order valence-electron chi connectivity index (χ1n) is 9.87. The number of rotatable bonds is 4. The van der Waals surface area contributed by atoms with Crippen LogP contribution in [0.15, 0.2) is 76.7 Å². The fourth-order valence-electron chi connectivity index (χ4n) is 3.68. The number of aryl methyl sites for hydroxylation is 2. The molecule has 5 aromatic rings. The summed E-state index contributed by atoms with van der Waals surface area (Å²) in [5.41, 5.74) is 4.45. The summed E-state index contributed by atoms with van der Waals surface area (Å²) in [4.78, 5) is 13.5. The molecule has 0 unspecified atom stereocenters. The number of halogens is 1. The van der Waals surface area contributed by atoms with Gasteiger partial charge in [-0.3, -0.25) is 9.20 Å². The predicted octanol–water partition coefficient (Wildman–Crippen LogP) is 5.08. The monoisotopic (exact) mass is 430 g/mol. The highest BCUT2D eigenvalue weighted by molar-refractivity contribution is 7.98. The van der Waals surface area contributed by atoms with Gasteiger partial charge in [0.15, 0.2) is 5.16 Å². The quantitative estimate of drug-likeness (QED) is 0.373. The highest BCUT2D eigenvalue weighted by Gasteiger charge is 2.19. The minimum atomic E-state index is -0.259. The summed E-state index contributed by atoms with van der Waals surface area (Å²) in [6, 6.07) is 19.9. The third kappa shape index (κ3) is 3.41. The van der Waals surface area contributed by atoms with E-state index >= 15 is 0 Å². The second-order valence-electron chi connectivity index (χ2n) is 7.48. The van der Waals surface area contributed by atoms with Gasteiger partial charge in [0.1, 0.15) is 5.82 Å². The first-order valence-corrected chi connectivity index (χ1v) is 10.9. The molecule has 5 nitrogen and oxygen atoms in total. The number of nitrogens with zero attached hydrogens (tertiary/aromatic N) is 4. The van der Waals surface area contributed by atoms with Crippen LogP contribution in [0.4, 0.5) is 4.39 Å². The third-order valence-electron chi connectivity index (χ3n) is 5.28.